The molecule has 1 heterocycles. The minimum atomic E-state index is -3.66. The van der Waals surface area contributed by atoms with Crippen molar-refractivity contribution in [2.45, 2.75) is 23.8 Å². The van der Waals surface area contributed by atoms with E-state index in [4.69, 9.17) is 18.9 Å². The summed E-state index contributed by atoms with van der Waals surface area (Å²) < 4.78 is 48.4. The molecule has 1 unspecified atom stereocenters. The number of carbonyl (C=O) groups excluding carboxylic acids is 1. The van der Waals surface area contributed by atoms with Crippen LogP contribution in [-0.2, 0) is 19.5 Å². The Balaban J connectivity index is 1.44. The summed E-state index contributed by atoms with van der Waals surface area (Å²) in [7, 11) is -2.08. The van der Waals surface area contributed by atoms with Crippen LogP contribution in [0.5, 0.6) is 11.5 Å². The normalized spacial score (nSPS) is 16.2. The van der Waals surface area contributed by atoms with Crippen molar-refractivity contribution in [1.82, 2.24) is 4.72 Å². The molecule has 0 radical (unpaired) electrons. The van der Waals surface area contributed by atoms with E-state index in [1.165, 1.54) is 24.3 Å². The molecule has 2 aromatic rings. The van der Waals surface area contributed by atoms with E-state index < -0.39 is 16.0 Å². The summed E-state index contributed by atoms with van der Waals surface area (Å²) in [6.45, 7) is 1.15. The molecule has 2 aromatic carbocycles. The maximum atomic E-state index is 12.3. The van der Waals surface area contributed by atoms with E-state index in [9.17, 15) is 13.2 Å². The van der Waals surface area contributed by atoms with Gasteiger partial charge in [-0.05, 0) is 61.4 Å². The number of sulfonamides is 1. The lowest BCUT2D eigenvalue weighted by atomic mass is 10.2. The second-order valence-electron chi connectivity index (χ2n) is 6.67. The highest BCUT2D eigenvalue weighted by Gasteiger charge is 2.20. The fourth-order valence-electron chi connectivity index (χ4n) is 2.91. The summed E-state index contributed by atoms with van der Waals surface area (Å²) in [5.41, 5.74) is 0.262. The predicted molar refractivity (Wildman–Crippen MR) is 109 cm³/mol. The zero-order valence-electron chi connectivity index (χ0n) is 16.7. The van der Waals surface area contributed by atoms with Gasteiger partial charge in [0.05, 0.1) is 23.7 Å². The Morgan fingerprint density at radius 1 is 1.07 bits per heavy atom. The third-order valence-corrected chi connectivity index (χ3v) is 6.01. The van der Waals surface area contributed by atoms with Crippen LogP contribution in [0.15, 0.2) is 53.4 Å². The van der Waals surface area contributed by atoms with Crippen LogP contribution in [0.3, 0.4) is 0 Å². The molecule has 0 amide bonds. The summed E-state index contributed by atoms with van der Waals surface area (Å²) in [5, 5.41) is 0. The minimum absolute atomic E-state index is 0.0633. The molecular weight excluding hydrogens is 410 g/mol. The molecule has 0 bridgehead atoms. The third-order valence-electron chi connectivity index (χ3n) is 4.57. The van der Waals surface area contributed by atoms with Crippen LogP contribution < -0.4 is 14.2 Å². The Hall–Kier alpha value is -2.62. The van der Waals surface area contributed by atoms with Crippen molar-refractivity contribution in [3.05, 3.63) is 54.1 Å². The van der Waals surface area contributed by atoms with Crippen LogP contribution in [0, 0.1) is 0 Å². The van der Waals surface area contributed by atoms with Gasteiger partial charge < -0.3 is 18.9 Å². The first-order chi connectivity index (χ1) is 14.5. The highest BCUT2D eigenvalue weighted by atomic mass is 32.2. The Morgan fingerprint density at radius 2 is 1.77 bits per heavy atom. The summed E-state index contributed by atoms with van der Waals surface area (Å²) in [5.74, 6) is 0.808. The van der Waals surface area contributed by atoms with Gasteiger partial charge in [-0.1, -0.05) is 0 Å². The summed E-state index contributed by atoms with van der Waals surface area (Å²) in [4.78, 5) is 12.2. The number of hydrogen-bond donors (Lipinski definition) is 1. The third kappa shape index (κ3) is 6.19. The highest BCUT2D eigenvalue weighted by molar-refractivity contribution is 7.89. The maximum Gasteiger partial charge on any atom is 0.338 e. The average molecular weight is 435 g/mol. The van der Waals surface area contributed by atoms with E-state index in [0.29, 0.717) is 12.4 Å². The van der Waals surface area contributed by atoms with Gasteiger partial charge in [0.15, 0.2) is 0 Å². The first kappa shape index (κ1) is 22.1. The fourth-order valence-corrected chi connectivity index (χ4v) is 3.98. The molecule has 0 spiro atoms. The second kappa shape index (κ2) is 10.4. The molecule has 9 heteroatoms. The van der Waals surface area contributed by atoms with Gasteiger partial charge in [0.2, 0.25) is 10.0 Å². The predicted octanol–water partition coefficient (Wildman–Crippen LogP) is 2.39. The van der Waals surface area contributed by atoms with Crippen molar-refractivity contribution in [3.8, 4) is 11.5 Å². The molecule has 30 heavy (non-hydrogen) atoms. The lowest BCUT2D eigenvalue weighted by Crippen LogP contribution is -2.31. The van der Waals surface area contributed by atoms with Gasteiger partial charge in [-0.3, -0.25) is 0 Å². The summed E-state index contributed by atoms with van der Waals surface area (Å²) >= 11 is 0. The van der Waals surface area contributed by atoms with E-state index in [2.05, 4.69) is 4.72 Å². The Labute approximate surface area is 176 Å². The Bertz CT molecular complexity index is 921. The zero-order valence-corrected chi connectivity index (χ0v) is 17.5. The number of methoxy groups -OCH3 is 1. The van der Waals surface area contributed by atoms with E-state index in [1.807, 2.05) is 0 Å². The lowest BCUT2D eigenvalue weighted by molar-refractivity contribution is 0.0450. The van der Waals surface area contributed by atoms with Crippen molar-refractivity contribution in [1.29, 1.82) is 0 Å². The van der Waals surface area contributed by atoms with Crippen LogP contribution in [0.2, 0.25) is 0 Å². The van der Waals surface area contributed by atoms with Gasteiger partial charge in [0.1, 0.15) is 24.7 Å². The Morgan fingerprint density at radius 3 is 2.40 bits per heavy atom. The molecule has 3 rings (SSSR count). The van der Waals surface area contributed by atoms with Crippen molar-refractivity contribution in [3.63, 3.8) is 0 Å². The molecule has 1 aliphatic rings. The number of ether oxygens (including phenoxy) is 4. The van der Waals surface area contributed by atoms with Crippen LogP contribution in [0.1, 0.15) is 23.2 Å². The molecule has 1 N–H and O–H groups in total. The van der Waals surface area contributed by atoms with E-state index >= 15 is 0 Å². The molecule has 8 nitrogen and oxygen atoms in total. The quantitative estimate of drug-likeness (QED) is 0.452. The molecule has 0 saturated carbocycles. The van der Waals surface area contributed by atoms with Gasteiger partial charge in [-0.2, -0.15) is 0 Å². The molecule has 162 valence electrons. The van der Waals surface area contributed by atoms with Gasteiger partial charge in [-0.25, -0.2) is 17.9 Å². The minimum Gasteiger partial charge on any atom is -0.497 e. The molecule has 1 atom stereocenters. The van der Waals surface area contributed by atoms with E-state index in [-0.39, 0.29) is 36.3 Å². The SMILES string of the molecule is COc1ccc(OCCOC(=O)c2ccc(S(=O)(=O)NCC3CCCO3)cc2)cc1. The zero-order chi connectivity index (χ0) is 21.4. The van der Waals surface area contributed by atoms with Crippen molar-refractivity contribution in [2.24, 2.45) is 0 Å². The van der Waals surface area contributed by atoms with Crippen molar-refractivity contribution < 1.29 is 32.2 Å². The first-order valence-electron chi connectivity index (χ1n) is 9.63. The molecular formula is C21H25NO7S. The standard InChI is InChI=1S/C21H25NO7S/c1-26-17-6-8-18(9-7-17)28-13-14-29-21(23)16-4-10-20(11-5-16)30(24,25)22-15-19-3-2-12-27-19/h4-11,19,22H,2-3,12-15H2,1H3. The molecule has 1 fully saturated rings. The van der Waals surface area contributed by atoms with Crippen LogP contribution in [0.25, 0.3) is 0 Å². The largest absolute Gasteiger partial charge is 0.497 e. The maximum absolute atomic E-state index is 12.3. The molecule has 0 aliphatic carbocycles. The van der Waals surface area contributed by atoms with Gasteiger partial charge in [0, 0.05) is 13.2 Å². The van der Waals surface area contributed by atoms with Gasteiger partial charge in [0.25, 0.3) is 0 Å². The van der Waals surface area contributed by atoms with Gasteiger partial charge in [-0.15, -0.1) is 0 Å². The van der Waals surface area contributed by atoms with E-state index in [1.54, 1.807) is 31.4 Å². The Kier molecular flexibility index (Phi) is 7.67. The topological polar surface area (TPSA) is 100 Å². The second-order valence-corrected chi connectivity index (χ2v) is 8.44. The highest BCUT2D eigenvalue weighted by Crippen LogP contribution is 2.17. The van der Waals surface area contributed by atoms with Crippen molar-refractivity contribution >= 4 is 16.0 Å². The average Bonchev–Trinajstić information content (AvgIpc) is 3.29. The number of nitrogens with one attached hydrogen (secondary N) is 1. The number of hydrogen-bond acceptors (Lipinski definition) is 7. The fraction of sp³-hybridized carbons (Fsp3) is 0.381. The van der Waals surface area contributed by atoms with Gasteiger partial charge >= 0.3 is 5.97 Å². The molecule has 1 saturated heterocycles. The number of benzene rings is 2. The molecule has 1 aliphatic heterocycles. The number of rotatable bonds is 10. The first-order valence-corrected chi connectivity index (χ1v) is 11.1. The lowest BCUT2D eigenvalue weighted by Gasteiger charge is -2.12. The van der Waals surface area contributed by atoms with Crippen LogP contribution in [0.4, 0.5) is 0 Å². The summed E-state index contributed by atoms with van der Waals surface area (Å²) in [6, 6.07) is 12.7. The number of esters is 1. The smallest absolute Gasteiger partial charge is 0.338 e. The number of carbonyl (C=O) groups is 1. The van der Waals surface area contributed by atoms with Crippen LogP contribution >= 0.6 is 0 Å². The van der Waals surface area contributed by atoms with Crippen LogP contribution in [-0.4, -0.2) is 54.0 Å². The van der Waals surface area contributed by atoms with Crippen molar-refractivity contribution in [2.75, 3.05) is 33.5 Å². The molecule has 0 aromatic heterocycles. The van der Waals surface area contributed by atoms with E-state index in [0.717, 1.165) is 18.6 Å². The monoisotopic (exact) mass is 435 g/mol. The summed E-state index contributed by atoms with van der Waals surface area (Å²) in [6.07, 6.45) is 1.69.